The SMILES string of the molecule is CC(NC1CCCCC1C)C(=O)NCc1ccc(Cl)cc1. The predicted octanol–water partition coefficient (Wildman–Crippen LogP) is 3.51. The van der Waals surface area contributed by atoms with Crippen LogP contribution in [0.25, 0.3) is 0 Å². The van der Waals surface area contributed by atoms with Crippen LogP contribution >= 0.6 is 11.6 Å². The number of nitrogens with one attached hydrogen (secondary N) is 2. The fourth-order valence-corrected chi connectivity index (χ4v) is 3.03. The topological polar surface area (TPSA) is 41.1 Å². The zero-order valence-electron chi connectivity index (χ0n) is 12.9. The molecular weight excluding hydrogens is 284 g/mol. The van der Waals surface area contributed by atoms with Gasteiger partial charge in [-0.3, -0.25) is 4.79 Å². The molecule has 1 fully saturated rings. The number of hydrogen-bond acceptors (Lipinski definition) is 2. The van der Waals surface area contributed by atoms with E-state index in [4.69, 9.17) is 11.6 Å². The number of rotatable bonds is 5. The summed E-state index contributed by atoms with van der Waals surface area (Å²) >= 11 is 5.85. The molecule has 1 aromatic rings. The fraction of sp³-hybridized carbons (Fsp3) is 0.588. The number of carbonyl (C=O) groups excluding carboxylic acids is 1. The molecule has 3 nitrogen and oxygen atoms in total. The van der Waals surface area contributed by atoms with E-state index < -0.39 is 0 Å². The van der Waals surface area contributed by atoms with Crippen LogP contribution in [0.5, 0.6) is 0 Å². The Labute approximate surface area is 132 Å². The molecule has 1 aromatic carbocycles. The summed E-state index contributed by atoms with van der Waals surface area (Å²) < 4.78 is 0. The average molecular weight is 309 g/mol. The molecule has 2 N–H and O–H groups in total. The van der Waals surface area contributed by atoms with Crippen molar-refractivity contribution >= 4 is 17.5 Å². The highest BCUT2D eigenvalue weighted by Gasteiger charge is 2.24. The van der Waals surface area contributed by atoms with Gasteiger partial charge in [0, 0.05) is 17.6 Å². The van der Waals surface area contributed by atoms with Crippen LogP contribution in [0.1, 0.15) is 45.1 Å². The van der Waals surface area contributed by atoms with Crippen molar-refractivity contribution in [1.82, 2.24) is 10.6 Å². The minimum atomic E-state index is -0.150. The highest BCUT2D eigenvalue weighted by molar-refractivity contribution is 6.30. The Balaban J connectivity index is 1.78. The van der Waals surface area contributed by atoms with Crippen molar-refractivity contribution in [3.05, 3.63) is 34.9 Å². The second-order valence-corrected chi connectivity index (χ2v) is 6.54. The maximum atomic E-state index is 12.2. The van der Waals surface area contributed by atoms with E-state index in [-0.39, 0.29) is 11.9 Å². The molecule has 1 amide bonds. The van der Waals surface area contributed by atoms with Crippen LogP contribution in [0.2, 0.25) is 5.02 Å². The first-order valence-corrected chi connectivity index (χ1v) is 8.22. The van der Waals surface area contributed by atoms with Gasteiger partial charge in [0.15, 0.2) is 0 Å². The number of carbonyl (C=O) groups is 1. The van der Waals surface area contributed by atoms with E-state index in [9.17, 15) is 4.79 Å². The molecule has 0 heterocycles. The lowest BCUT2D eigenvalue weighted by Crippen LogP contribution is -2.49. The second kappa shape index (κ2) is 7.81. The molecule has 4 heteroatoms. The van der Waals surface area contributed by atoms with Crippen molar-refractivity contribution in [1.29, 1.82) is 0 Å². The van der Waals surface area contributed by atoms with Crippen LogP contribution < -0.4 is 10.6 Å². The van der Waals surface area contributed by atoms with Gasteiger partial charge in [0.1, 0.15) is 0 Å². The third-order valence-corrected chi connectivity index (χ3v) is 4.60. The minimum Gasteiger partial charge on any atom is -0.351 e. The monoisotopic (exact) mass is 308 g/mol. The summed E-state index contributed by atoms with van der Waals surface area (Å²) in [6.07, 6.45) is 5.02. The standard InChI is InChI=1S/C17H25ClN2O/c1-12-5-3-4-6-16(12)20-13(2)17(21)19-11-14-7-9-15(18)10-8-14/h7-10,12-13,16,20H,3-6,11H2,1-2H3,(H,19,21). The van der Waals surface area contributed by atoms with Gasteiger partial charge in [-0.15, -0.1) is 0 Å². The molecule has 1 aliphatic rings. The summed E-state index contributed by atoms with van der Waals surface area (Å²) in [5.41, 5.74) is 1.06. The van der Waals surface area contributed by atoms with Crippen molar-refractivity contribution < 1.29 is 4.79 Å². The Morgan fingerprint density at radius 1 is 1.29 bits per heavy atom. The first-order chi connectivity index (χ1) is 10.1. The lowest BCUT2D eigenvalue weighted by molar-refractivity contribution is -0.123. The van der Waals surface area contributed by atoms with Crippen LogP contribution in [-0.2, 0) is 11.3 Å². The van der Waals surface area contributed by atoms with Gasteiger partial charge in [-0.2, -0.15) is 0 Å². The molecule has 0 saturated heterocycles. The molecule has 0 bridgehead atoms. The molecule has 0 radical (unpaired) electrons. The van der Waals surface area contributed by atoms with Crippen molar-refractivity contribution in [3.63, 3.8) is 0 Å². The van der Waals surface area contributed by atoms with Gasteiger partial charge in [-0.1, -0.05) is 43.5 Å². The Morgan fingerprint density at radius 2 is 1.95 bits per heavy atom. The summed E-state index contributed by atoms with van der Waals surface area (Å²) in [6, 6.07) is 7.87. The lowest BCUT2D eigenvalue weighted by atomic mass is 9.85. The van der Waals surface area contributed by atoms with Crippen LogP contribution in [-0.4, -0.2) is 18.0 Å². The Bertz CT molecular complexity index is 460. The van der Waals surface area contributed by atoms with Crippen molar-refractivity contribution in [2.75, 3.05) is 0 Å². The van der Waals surface area contributed by atoms with Crippen molar-refractivity contribution in [3.8, 4) is 0 Å². The lowest BCUT2D eigenvalue weighted by Gasteiger charge is -2.31. The smallest absolute Gasteiger partial charge is 0.237 e. The van der Waals surface area contributed by atoms with Crippen LogP contribution in [0, 0.1) is 5.92 Å². The van der Waals surface area contributed by atoms with Crippen LogP contribution in [0.3, 0.4) is 0 Å². The first kappa shape index (κ1) is 16.3. The van der Waals surface area contributed by atoms with E-state index in [0.717, 1.165) is 5.56 Å². The molecule has 21 heavy (non-hydrogen) atoms. The fourth-order valence-electron chi connectivity index (χ4n) is 2.91. The summed E-state index contributed by atoms with van der Waals surface area (Å²) in [4.78, 5) is 12.2. The van der Waals surface area contributed by atoms with E-state index in [1.54, 1.807) is 0 Å². The van der Waals surface area contributed by atoms with E-state index in [1.807, 2.05) is 31.2 Å². The second-order valence-electron chi connectivity index (χ2n) is 6.10. The molecule has 3 unspecified atom stereocenters. The highest BCUT2D eigenvalue weighted by atomic mass is 35.5. The number of hydrogen-bond donors (Lipinski definition) is 2. The van der Waals surface area contributed by atoms with Gasteiger partial charge in [-0.05, 0) is 43.4 Å². The largest absolute Gasteiger partial charge is 0.351 e. The maximum Gasteiger partial charge on any atom is 0.237 e. The minimum absolute atomic E-state index is 0.0581. The van der Waals surface area contributed by atoms with E-state index in [0.29, 0.717) is 23.5 Å². The molecular formula is C17H25ClN2O. The van der Waals surface area contributed by atoms with Gasteiger partial charge in [-0.25, -0.2) is 0 Å². The number of benzene rings is 1. The zero-order valence-corrected chi connectivity index (χ0v) is 13.6. The molecule has 3 atom stereocenters. The number of halogens is 1. The third-order valence-electron chi connectivity index (χ3n) is 4.35. The van der Waals surface area contributed by atoms with Crippen LogP contribution in [0.4, 0.5) is 0 Å². The van der Waals surface area contributed by atoms with Gasteiger partial charge < -0.3 is 10.6 Å². The maximum absolute atomic E-state index is 12.2. The molecule has 1 aliphatic carbocycles. The molecule has 1 saturated carbocycles. The van der Waals surface area contributed by atoms with Crippen molar-refractivity contribution in [2.24, 2.45) is 5.92 Å². The highest BCUT2D eigenvalue weighted by Crippen LogP contribution is 2.24. The van der Waals surface area contributed by atoms with E-state index in [2.05, 4.69) is 17.6 Å². The van der Waals surface area contributed by atoms with Gasteiger partial charge in [0.25, 0.3) is 0 Å². The predicted molar refractivity (Wildman–Crippen MR) is 87.3 cm³/mol. The summed E-state index contributed by atoms with van der Waals surface area (Å²) in [5.74, 6) is 0.716. The zero-order chi connectivity index (χ0) is 15.2. The molecule has 2 rings (SSSR count). The molecule has 116 valence electrons. The normalized spacial score (nSPS) is 23.6. The molecule has 0 spiro atoms. The quantitative estimate of drug-likeness (QED) is 0.874. The van der Waals surface area contributed by atoms with E-state index >= 15 is 0 Å². The summed E-state index contributed by atoms with van der Waals surface area (Å²) in [5, 5.41) is 7.17. The third kappa shape index (κ3) is 5.01. The van der Waals surface area contributed by atoms with Crippen LogP contribution in [0.15, 0.2) is 24.3 Å². The van der Waals surface area contributed by atoms with Gasteiger partial charge in [0.05, 0.1) is 6.04 Å². The molecule has 0 aromatic heterocycles. The Hall–Kier alpha value is -1.06. The average Bonchev–Trinajstić information content (AvgIpc) is 2.48. The number of amides is 1. The van der Waals surface area contributed by atoms with Gasteiger partial charge >= 0.3 is 0 Å². The molecule has 0 aliphatic heterocycles. The Kier molecular flexibility index (Phi) is 6.07. The van der Waals surface area contributed by atoms with Crippen molar-refractivity contribution in [2.45, 2.75) is 58.2 Å². The summed E-state index contributed by atoms with van der Waals surface area (Å²) in [6.45, 7) is 4.76. The Morgan fingerprint density at radius 3 is 2.62 bits per heavy atom. The van der Waals surface area contributed by atoms with E-state index in [1.165, 1.54) is 25.7 Å². The van der Waals surface area contributed by atoms with Gasteiger partial charge in [0.2, 0.25) is 5.91 Å². The first-order valence-electron chi connectivity index (χ1n) is 7.84. The summed E-state index contributed by atoms with van der Waals surface area (Å²) in [7, 11) is 0.